The number of ether oxygens (including phenoxy) is 4. The molecule has 2 aliphatic rings. The Bertz CT molecular complexity index is 1700. The van der Waals surface area contributed by atoms with E-state index in [1.165, 1.54) is 11.3 Å². The highest BCUT2D eigenvalue weighted by Crippen LogP contribution is 2.36. The number of carbonyl (C=O) groups excluding carboxylic acids is 4. The summed E-state index contributed by atoms with van der Waals surface area (Å²) in [6, 6.07) is 16.9. The highest BCUT2D eigenvalue weighted by Gasteiger charge is 2.55. The summed E-state index contributed by atoms with van der Waals surface area (Å²) in [4.78, 5) is 61.7. The molecule has 3 atom stereocenters. The second-order valence-corrected chi connectivity index (χ2v) is 14.8. The van der Waals surface area contributed by atoms with Crippen LogP contribution in [0.5, 0.6) is 11.5 Å². The van der Waals surface area contributed by atoms with Gasteiger partial charge in [-0.25, -0.2) is 14.6 Å². The van der Waals surface area contributed by atoms with Gasteiger partial charge in [0.05, 0.1) is 26.7 Å². The van der Waals surface area contributed by atoms with Crippen LogP contribution in [-0.2, 0) is 43.4 Å². The molecule has 0 spiro atoms. The fourth-order valence-corrected chi connectivity index (χ4v) is 6.96. The molecule has 1 saturated carbocycles. The van der Waals surface area contributed by atoms with E-state index in [1.807, 2.05) is 24.3 Å². The Kier molecular flexibility index (Phi) is 12.6. The molecule has 3 aromatic rings. The van der Waals surface area contributed by atoms with Crippen LogP contribution >= 0.6 is 0 Å². The van der Waals surface area contributed by atoms with Crippen molar-refractivity contribution in [2.75, 3.05) is 19.1 Å². The maximum absolute atomic E-state index is 13.8. The lowest BCUT2D eigenvalue weighted by atomic mass is 9.78. The topological polar surface area (TPSA) is 125 Å². The third-order valence-electron chi connectivity index (χ3n) is 9.87. The molecule has 0 radical (unpaired) electrons. The summed E-state index contributed by atoms with van der Waals surface area (Å²) in [5.74, 6) is -0.0195. The Morgan fingerprint density at radius 1 is 0.885 bits per heavy atom. The molecule has 1 saturated heterocycles. The second-order valence-electron chi connectivity index (χ2n) is 14.8. The summed E-state index contributed by atoms with van der Waals surface area (Å²) in [7, 11) is 3.16. The van der Waals surface area contributed by atoms with Crippen molar-refractivity contribution in [2.45, 2.75) is 97.4 Å². The average molecular weight is 714 g/mol. The van der Waals surface area contributed by atoms with Crippen molar-refractivity contribution < 1.29 is 38.1 Å². The van der Waals surface area contributed by atoms with Gasteiger partial charge < -0.3 is 18.9 Å². The van der Waals surface area contributed by atoms with Gasteiger partial charge in [-0.2, -0.15) is 0 Å². The lowest BCUT2D eigenvalue weighted by Crippen LogP contribution is -2.67. The molecule has 1 aliphatic carbocycles. The third-order valence-corrected chi connectivity index (χ3v) is 9.87. The monoisotopic (exact) mass is 713 g/mol. The summed E-state index contributed by atoms with van der Waals surface area (Å²) in [5.41, 5.74) is 1.49. The minimum absolute atomic E-state index is 0.0175. The van der Waals surface area contributed by atoms with Crippen LogP contribution in [0.3, 0.4) is 0 Å². The first-order chi connectivity index (χ1) is 24.9. The zero-order chi connectivity index (χ0) is 37.4. The molecule has 0 N–H and O–H groups in total. The van der Waals surface area contributed by atoms with Crippen LogP contribution in [-0.4, -0.2) is 59.6 Å². The smallest absolute Gasteiger partial charge is 0.416 e. The lowest BCUT2D eigenvalue weighted by molar-refractivity contribution is -0.180. The fraction of sp³-hybridized carbons (Fsp3) is 0.488. The number of amides is 3. The number of hydrogen-bond donors (Lipinski definition) is 0. The summed E-state index contributed by atoms with van der Waals surface area (Å²) in [5, 5.41) is 0. The van der Waals surface area contributed by atoms with Crippen molar-refractivity contribution in [1.29, 1.82) is 0 Å². The largest absolute Gasteiger partial charge is 0.497 e. The molecule has 11 heteroatoms. The molecule has 11 nitrogen and oxygen atoms in total. The zero-order valence-electron chi connectivity index (χ0n) is 31.1. The van der Waals surface area contributed by atoms with Crippen molar-refractivity contribution in [3.63, 3.8) is 0 Å². The molecule has 5 rings (SSSR count). The van der Waals surface area contributed by atoms with Crippen LogP contribution in [0.1, 0.15) is 82.9 Å². The number of anilines is 1. The minimum Gasteiger partial charge on any atom is -0.497 e. The highest BCUT2D eigenvalue weighted by molar-refractivity contribution is 6.08. The number of hydrogen-bond acceptors (Lipinski definition) is 9. The quantitative estimate of drug-likeness (QED) is 0.133. The predicted octanol–water partition coefficient (Wildman–Crippen LogP) is 7.29. The molecule has 52 heavy (non-hydrogen) atoms. The van der Waals surface area contributed by atoms with Gasteiger partial charge in [0.15, 0.2) is 0 Å². The first kappa shape index (κ1) is 38.3. The number of methoxy groups -OCH3 is 2. The van der Waals surface area contributed by atoms with Crippen LogP contribution in [0.15, 0.2) is 66.9 Å². The van der Waals surface area contributed by atoms with E-state index in [9.17, 15) is 19.2 Å². The van der Waals surface area contributed by atoms with E-state index < -0.39 is 35.5 Å². The van der Waals surface area contributed by atoms with E-state index in [1.54, 1.807) is 77.6 Å². The van der Waals surface area contributed by atoms with Gasteiger partial charge in [-0.3, -0.25) is 19.4 Å². The first-order valence-electron chi connectivity index (χ1n) is 18.1. The van der Waals surface area contributed by atoms with Gasteiger partial charge in [0.25, 0.3) is 0 Å². The third kappa shape index (κ3) is 9.68. The molecule has 2 aromatic carbocycles. The van der Waals surface area contributed by atoms with Gasteiger partial charge in [-0.05, 0) is 92.1 Å². The molecule has 278 valence electrons. The highest BCUT2D eigenvalue weighted by atomic mass is 16.6. The SMILES string of the molecule is COc1ccc(COC(=O)[C@@H]2C(Cc3ccnc(N(Cc4ccc(OC)cc4)C(=O)OC(C)(C)C)c3)C(=O)N2C(=O)C[C@H](C)C2CCCCC2)cc1. The van der Waals surface area contributed by atoms with E-state index in [2.05, 4.69) is 11.9 Å². The van der Waals surface area contributed by atoms with Crippen molar-refractivity contribution in [1.82, 2.24) is 9.88 Å². The molecule has 1 aromatic heterocycles. The number of imide groups is 1. The second kappa shape index (κ2) is 17.1. The number of benzene rings is 2. The van der Waals surface area contributed by atoms with E-state index in [0.717, 1.165) is 41.7 Å². The minimum atomic E-state index is -1.07. The standard InChI is InChI=1S/C41H51N3O8/c1-27(31-10-8-7-9-11-31)22-36(45)44-37(39(47)51-26-29-14-18-33(50-6)19-15-29)34(38(44)46)23-30-20-21-42-35(24-30)43(40(48)52-41(2,3)4)25-28-12-16-32(49-5)17-13-28/h12-21,24,27,31,34,37H,7-11,22-23,25-26H2,1-6H3/t27-,34?,37-/m0/s1. The van der Waals surface area contributed by atoms with Crippen molar-refractivity contribution in [3.05, 3.63) is 83.6 Å². The molecule has 3 amide bonds. The Balaban J connectivity index is 1.37. The van der Waals surface area contributed by atoms with Crippen molar-refractivity contribution in [2.24, 2.45) is 17.8 Å². The summed E-state index contributed by atoms with van der Waals surface area (Å²) in [6.07, 6.45) is 6.95. The number of esters is 1. The van der Waals surface area contributed by atoms with Gasteiger partial charge >= 0.3 is 12.1 Å². The number of nitrogens with zero attached hydrogens (tertiary/aromatic N) is 3. The van der Waals surface area contributed by atoms with Crippen LogP contribution in [0.2, 0.25) is 0 Å². The van der Waals surface area contributed by atoms with Gasteiger partial charge in [-0.15, -0.1) is 0 Å². The van der Waals surface area contributed by atoms with Crippen LogP contribution < -0.4 is 14.4 Å². The molecule has 1 unspecified atom stereocenters. The van der Waals surface area contributed by atoms with Crippen LogP contribution in [0.4, 0.5) is 10.6 Å². The summed E-state index contributed by atoms with van der Waals surface area (Å²) < 4.78 is 22.0. The number of carbonyl (C=O) groups is 4. The van der Waals surface area contributed by atoms with Gasteiger partial charge in [0.2, 0.25) is 11.8 Å². The molecule has 1 aliphatic heterocycles. The molecule has 2 heterocycles. The molecule has 2 fully saturated rings. The van der Waals surface area contributed by atoms with Gasteiger partial charge in [0, 0.05) is 12.6 Å². The Hall–Kier alpha value is -4.93. The van der Waals surface area contributed by atoms with Crippen LogP contribution in [0.25, 0.3) is 0 Å². The van der Waals surface area contributed by atoms with E-state index in [0.29, 0.717) is 28.8 Å². The van der Waals surface area contributed by atoms with Crippen molar-refractivity contribution in [3.8, 4) is 11.5 Å². The number of aromatic nitrogens is 1. The first-order valence-corrected chi connectivity index (χ1v) is 18.1. The van der Waals surface area contributed by atoms with E-state index in [4.69, 9.17) is 18.9 Å². The fourth-order valence-electron chi connectivity index (χ4n) is 6.96. The summed E-state index contributed by atoms with van der Waals surface area (Å²) in [6.45, 7) is 7.58. The molecular weight excluding hydrogens is 662 g/mol. The predicted molar refractivity (Wildman–Crippen MR) is 196 cm³/mol. The number of rotatable bonds is 13. The van der Waals surface area contributed by atoms with Crippen molar-refractivity contribution >= 4 is 29.7 Å². The Morgan fingerprint density at radius 3 is 2.10 bits per heavy atom. The zero-order valence-corrected chi connectivity index (χ0v) is 31.1. The number of likely N-dealkylation sites (tertiary alicyclic amines) is 1. The van der Waals surface area contributed by atoms with Crippen LogP contribution in [0, 0.1) is 17.8 Å². The Labute approximate surface area is 306 Å². The number of pyridine rings is 1. The van der Waals surface area contributed by atoms with E-state index in [-0.39, 0.29) is 37.8 Å². The summed E-state index contributed by atoms with van der Waals surface area (Å²) >= 11 is 0. The maximum atomic E-state index is 13.8. The van der Waals surface area contributed by atoms with Gasteiger partial charge in [-0.1, -0.05) is 63.3 Å². The van der Waals surface area contributed by atoms with E-state index >= 15 is 0 Å². The lowest BCUT2D eigenvalue weighted by Gasteiger charge is -2.44. The molecule has 0 bridgehead atoms. The number of β-lactam (4-membered cyclic amide) rings is 1. The molecular formula is C41H51N3O8. The van der Waals surface area contributed by atoms with Gasteiger partial charge in [0.1, 0.15) is 35.6 Å². The normalized spacial score (nSPS) is 18.2. The maximum Gasteiger partial charge on any atom is 0.416 e. The average Bonchev–Trinajstić information content (AvgIpc) is 3.14. The Morgan fingerprint density at radius 2 is 1.50 bits per heavy atom.